The number of carbonyl (C=O) groups is 1. The standard InChI is InChI=1S/C17H21N5O2/c1-3-14-13(8-10(2)19-20-14)17(23)22-7-6-12(9-22)16-18-15(21-24-16)11-4-5-11/h8,11-12H,3-7,9H2,1-2H3/t12-/m0/s1. The number of aryl methyl sites for hydroxylation is 2. The summed E-state index contributed by atoms with van der Waals surface area (Å²) in [5, 5.41) is 12.3. The van der Waals surface area contributed by atoms with E-state index in [0.717, 1.165) is 36.5 Å². The zero-order valence-corrected chi connectivity index (χ0v) is 14.0. The smallest absolute Gasteiger partial charge is 0.255 e. The van der Waals surface area contributed by atoms with Gasteiger partial charge in [-0.3, -0.25) is 4.79 Å². The highest BCUT2D eigenvalue weighted by Gasteiger charge is 2.34. The Balaban J connectivity index is 1.49. The molecule has 4 rings (SSSR count). The molecule has 1 amide bonds. The van der Waals surface area contributed by atoms with Gasteiger partial charge in [-0.25, -0.2) is 0 Å². The predicted molar refractivity (Wildman–Crippen MR) is 85.7 cm³/mol. The van der Waals surface area contributed by atoms with Crippen LogP contribution >= 0.6 is 0 Å². The normalized spacial score (nSPS) is 20.6. The molecular weight excluding hydrogens is 306 g/mol. The van der Waals surface area contributed by atoms with Crippen molar-refractivity contribution in [3.05, 3.63) is 34.7 Å². The van der Waals surface area contributed by atoms with Crippen molar-refractivity contribution >= 4 is 5.91 Å². The van der Waals surface area contributed by atoms with E-state index < -0.39 is 0 Å². The largest absolute Gasteiger partial charge is 0.339 e. The Labute approximate surface area is 140 Å². The van der Waals surface area contributed by atoms with Gasteiger partial charge < -0.3 is 9.42 Å². The summed E-state index contributed by atoms with van der Waals surface area (Å²) in [6, 6.07) is 1.83. The van der Waals surface area contributed by atoms with Crippen molar-refractivity contribution in [3.63, 3.8) is 0 Å². The van der Waals surface area contributed by atoms with Crippen LogP contribution in [0.3, 0.4) is 0 Å². The van der Waals surface area contributed by atoms with E-state index in [0.29, 0.717) is 36.9 Å². The maximum absolute atomic E-state index is 12.9. The summed E-state index contributed by atoms with van der Waals surface area (Å²) in [6.45, 7) is 5.17. The molecule has 0 unspecified atom stereocenters. The molecule has 2 fully saturated rings. The predicted octanol–water partition coefficient (Wildman–Crippen LogP) is 2.24. The number of hydrogen-bond donors (Lipinski definition) is 0. The van der Waals surface area contributed by atoms with E-state index in [1.54, 1.807) is 0 Å². The van der Waals surface area contributed by atoms with Crippen LogP contribution in [-0.4, -0.2) is 44.2 Å². The molecule has 2 aromatic heterocycles. The molecule has 2 aromatic rings. The van der Waals surface area contributed by atoms with Crippen molar-refractivity contribution in [3.8, 4) is 0 Å². The fraction of sp³-hybridized carbons (Fsp3) is 0.588. The monoisotopic (exact) mass is 327 g/mol. The molecule has 1 aliphatic heterocycles. The van der Waals surface area contributed by atoms with Gasteiger partial charge in [0.25, 0.3) is 5.91 Å². The zero-order valence-electron chi connectivity index (χ0n) is 14.0. The Hall–Kier alpha value is -2.31. The molecule has 1 saturated heterocycles. The molecule has 0 radical (unpaired) electrons. The fourth-order valence-corrected chi connectivity index (χ4v) is 3.20. The molecule has 0 N–H and O–H groups in total. The van der Waals surface area contributed by atoms with E-state index in [1.807, 2.05) is 24.8 Å². The molecule has 24 heavy (non-hydrogen) atoms. The van der Waals surface area contributed by atoms with Crippen LogP contribution in [0.15, 0.2) is 10.6 Å². The third-order valence-electron chi connectivity index (χ3n) is 4.78. The second-order valence-electron chi connectivity index (χ2n) is 6.70. The molecule has 126 valence electrons. The van der Waals surface area contributed by atoms with E-state index in [-0.39, 0.29) is 11.8 Å². The average molecular weight is 327 g/mol. The van der Waals surface area contributed by atoms with E-state index in [4.69, 9.17) is 4.52 Å². The summed E-state index contributed by atoms with van der Waals surface area (Å²) in [7, 11) is 0. The Morgan fingerprint density at radius 1 is 1.29 bits per heavy atom. The van der Waals surface area contributed by atoms with E-state index in [1.165, 1.54) is 0 Å². The fourth-order valence-electron chi connectivity index (χ4n) is 3.20. The van der Waals surface area contributed by atoms with E-state index in [9.17, 15) is 4.79 Å². The Morgan fingerprint density at radius 3 is 2.88 bits per heavy atom. The molecule has 3 heterocycles. The molecule has 2 aliphatic rings. The van der Waals surface area contributed by atoms with Crippen LogP contribution in [0.2, 0.25) is 0 Å². The van der Waals surface area contributed by atoms with Crippen LogP contribution in [0.5, 0.6) is 0 Å². The highest BCUT2D eigenvalue weighted by atomic mass is 16.5. The lowest BCUT2D eigenvalue weighted by molar-refractivity contribution is 0.0787. The van der Waals surface area contributed by atoms with Crippen molar-refractivity contribution in [1.82, 2.24) is 25.2 Å². The number of nitrogens with zero attached hydrogens (tertiary/aromatic N) is 5. The van der Waals surface area contributed by atoms with Crippen LogP contribution < -0.4 is 0 Å². The van der Waals surface area contributed by atoms with Crippen molar-refractivity contribution in [2.45, 2.75) is 51.4 Å². The molecule has 1 atom stereocenters. The van der Waals surface area contributed by atoms with Crippen LogP contribution in [-0.2, 0) is 6.42 Å². The quantitative estimate of drug-likeness (QED) is 0.856. The lowest BCUT2D eigenvalue weighted by Gasteiger charge is -2.17. The topological polar surface area (TPSA) is 85.0 Å². The third-order valence-corrected chi connectivity index (χ3v) is 4.78. The lowest BCUT2D eigenvalue weighted by atomic mass is 10.1. The molecule has 0 bridgehead atoms. The maximum Gasteiger partial charge on any atom is 0.255 e. The lowest BCUT2D eigenvalue weighted by Crippen LogP contribution is -2.30. The van der Waals surface area contributed by atoms with E-state index >= 15 is 0 Å². The minimum atomic E-state index is 0.0225. The number of likely N-dealkylation sites (tertiary alicyclic amines) is 1. The molecule has 0 aromatic carbocycles. The van der Waals surface area contributed by atoms with Gasteiger partial charge >= 0.3 is 0 Å². The van der Waals surface area contributed by atoms with Gasteiger partial charge in [0.05, 0.1) is 22.9 Å². The second kappa shape index (κ2) is 5.96. The SMILES string of the molecule is CCc1nnc(C)cc1C(=O)N1CC[C@H](c2nc(C3CC3)no2)C1. The first-order valence-corrected chi connectivity index (χ1v) is 8.61. The van der Waals surface area contributed by atoms with Crippen molar-refractivity contribution in [1.29, 1.82) is 0 Å². The van der Waals surface area contributed by atoms with Gasteiger partial charge in [-0.05, 0) is 38.7 Å². The number of rotatable bonds is 4. The van der Waals surface area contributed by atoms with Crippen molar-refractivity contribution in [2.75, 3.05) is 13.1 Å². The molecule has 7 nitrogen and oxygen atoms in total. The van der Waals surface area contributed by atoms with Crippen LogP contribution in [0, 0.1) is 6.92 Å². The molecule has 1 aliphatic carbocycles. The highest BCUT2D eigenvalue weighted by molar-refractivity contribution is 5.95. The summed E-state index contributed by atoms with van der Waals surface area (Å²) in [5.41, 5.74) is 2.18. The first kappa shape index (κ1) is 15.2. The van der Waals surface area contributed by atoms with Crippen LogP contribution in [0.4, 0.5) is 0 Å². The summed E-state index contributed by atoms with van der Waals surface area (Å²) in [5.74, 6) is 2.15. The molecule has 0 spiro atoms. The zero-order chi connectivity index (χ0) is 16.7. The molecule has 7 heteroatoms. The van der Waals surface area contributed by atoms with Crippen LogP contribution in [0.1, 0.15) is 71.5 Å². The minimum Gasteiger partial charge on any atom is -0.339 e. The summed E-state index contributed by atoms with van der Waals surface area (Å²) >= 11 is 0. The van der Waals surface area contributed by atoms with Crippen molar-refractivity contribution < 1.29 is 9.32 Å². The number of amides is 1. The highest BCUT2D eigenvalue weighted by Crippen LogP contribution is 2.39. The minimum absolute atomic E-state index is 0.0225. The Morgan fingerprint density at radius 2 is 2.12 bits per heavy atom. The first-order chi connectivity index (χ1) is 11.7. The number of aromatic nitrogens is 4. The summed E-state index contributed by atoms with van der Waals surface area (Å²) in [4.78, 5) is 19.3. The Kier molecular flexibility index (Phi) is 3.78. The second-order valence-corrected chi connectivity index (χ2v) is 6.70. The van der Waals surface area contributed by atoms with Crippen LogP contribution in [0.25, 0.3) is 0 Å². The van der Waals surface area contributed by atoms with Gasteiger partial charge in [0, 0.05) is 19.0 Å². The summed E-state index contributed by atoms with van der Waals surface area (Å²) in [6.07, 6.45) is 3.86. The van der Waals surface area contributed by atoms with Gasteiger partial charge in [0.2, 0.25) is 5.89 Å². The molecular formula is C17H21N5O2. The Bertz CT molecular complexity index is 768. The summed E-state index contributed by atoms with van der Waals surface area (Å²) < 4.78 is 5.43. The number of carbonyl (C=O) groups excluding carboxylic acids is 1. The van der Waals surface area contributed by atoms with Crippen molar-refractivity contribution in [2.24, 2.45) is 0 Å². The van der Waals surface area contributed by atoms with Gasteiger partial charge in [0.1, 0.15) is 0 Å². The number of hydrogen-bond acceptors (Lipinski definition) is 6. The molecule has 1 saturated carbocycles. The van der Waals surface area contributed by atoms with Gasteiger partial charge in [-0.15, -0.1) is 0 Å². The van der Waals surface area contributed by atoms with Gasteiger partial charge in [-0.2, -0.15) is 15.2 Å². The van der Waals surface area contributed by atoms with Gasteiger partial charge in [0.15, 0.2) is 5.82 Å². The van der Waals surface area contributed by atoms with E-state index in [2.05, 4.69) is 20.3 Å². The van der Waals surface area contributed by atoms with Gasteiger partial charge in [-0.1, -0.05) is 12.1 Å². The third kappa shape index (κ3) is 2.79. The first-order valence-electron chi connectivity index (χ1n) is 8.61. The average Bonchev–Trinajstić information content (AvgIpc) is 3.12. The maximum atomic E-state index is 12.9.